The van der Waals surface area contributed by atoms with Crippen molar-refractivity contribution < 1.29 is 35.6 Å². The Morgan fingerprint density at radius 1 is 0.909 bits per heavy atom. The first kappa shape index (κ1) is 24.2. The zero-order valence-electron chi connectivity index (χ0n) is 17.4. The van der Waals surface area contributed by atoms with Crippen molar-refractivity contribution in [2.24, 2.45) is 0 Å². The number of amides is 1. The van der Waals surface area contributed by atoms with Crippen LogP contribution < -0.4 is 0 Å². The molecule has 0 atom stereocenters. The number of hydrogen-bond donors (Lipinski definition) is 0. The van der Waals surface area contributed by atoms with E-state index in [4.69, 9.17) is 4.42 Å². The van der Waals surface area contributed by atoms with Gasteiger partial charge in [0.2, 0.25) is 0 Å². The van der Waals surface area contributed by atoms with Gasteiger partial charge < -0.3 is 9.32 Å². The molecule has 0 fully saturated rings. The van der Waals surface area contributed by atoms with Crippen LogP contribution in [0.5, 0.6) is 0 Å². The van der Waals surface area contributed by atoms with Gasteiger partial charge in [0.05, 0.1) is 23.9 Å². The molecule has 0 unspecified atom stereocenters. The van der Waals surface area contributed by atoms with Crippen LogP contribution in [0.3, 0.4) is 0 Å². The van der Waals surface area contributed by atoms with Crippen LogP contribution >= 0.6 is 0 Å². The molecule has 3 rings (SSSR count). The SMILES string of the molecule is C/C(=C\c1ccccc1)CN(Cc1ccco1)C(=O)c1cc(C(F)(F)F)cc(C(F)(F)F)c1. The zero-order valence-corrected chi connectivity index (χ0v) is 17.4. The summed E-state index contributed by atoms with van der Waals surface area (Å²) in [6, 6.07) is 13.1. The number of nitrogens with zero attached hydrogens (tertiary/aromatic N) is 1. The first-order valence-corrected chi connectivity index (χ1v) is 9.77. The summed E-state index contributed by atoms with van der Waals surface area (Å²) < 4.78 is 84.7. The minimum absolute atomic E-state index is 0.00575. The Hall–Kier alpha value is -3.49. The number of carbonyl (C=O) groups is 1. The van der Waals surface area contributed by atoms with Crippen LogP contribution in [0.4, 0.5) is 26.3 Å². The van der Waals surface area contributed by atoms with Crippen LogP contribution in [0.15, 0.2) is 76.9 Å². The molecule has 0 aliphatic heterocycles. The van der Waals surface area contributed by atoms with E-state index in [-0.39, 0.29) is 19.2 Å². The predicted molar refractivity (Wildman–Crippen MR) is 110 cm³/mol. The molecule has 0 radical (unpaired) electrons. The monoisotopic (exact) mass is 467 g/mol. The third-order valence-corrected chi connectivity index (χ3v) is 4.70. The molecule has 0 bridgehead atoms. The smallest absolute Gasteiger partial charge is 0.416 e. The molecule has 33 heavy (non-hydrogen) atoms. The summed E-state index contributed by atoms with van der Waals surface area (Å²) >= 11 is 0. The van der Waals surface area contributed by atoms with E-state index in [0.29, 0.717) is 23.5 Å². The van der Waals surface area contributed by atoms with Crippen LogP contribution in [0.2, 0.25) is 0 Å². The average molecular weight is 467 g/mol. The number of carbonyl (C=O) groups excluding carboxylic acids is 1. The fraction of sp³-hybridized carbons (Fsp3) is 0.208. The quantitative estimate of drug-likeness (QED) is 0.364. The highest BCUT2D eigenvalue weighted by Crippen LogP contribution is 2.36. The lowest BCUT2D eigenvalue weighted by atomic mass is 10.0. The van der Waals surface area contributed by atoms with E-state index in [2.05, 4.69) is 0 Å². The Morgan fingerprint density at radius 2 is 1.52 bits per heavy atom. The van der Waals surface area contributed by atoms with Crippen molar-refractivity contribution in [1.82, 2.24) is 4.90 Å². The second-order valence-corrected chi connectivity index (χ2v) is 7.44. The van der Waals surface area contributed by atoms with Gasteiger partial charge >= 0.3 is 12.4 Å². The zero-order chi connectivity index (χ0) is 24.2. The highest BCUT2D eigenvalue weighted by Gasteiger charge is 2.38. The van der Waals surface area contributed by atoms with Crippen molar-refractivity contribution in [1.29, 1.82) is 0 Å². The second kappa shape index (κ2) is 9.56. The summed E-state index contributed by atoms with van der Waals surface area (Å²) in [5.74, 6) is -0.650. The van der Waals surface area contributed by atoms with Gasteiger partial charge in [0, 0.05) is 12.1 Å². The highest BCUT2D eigenvalue weighted by atomic mass is 19.4. The van der Waals surface area contributed by atoms with E-state index >= 15 is 0 Å². The molecule has 0 aliphatic carbocycles. The molecule has 1 amide bonds. The third kappa shape index (κ3) is 6.50. The molecule has 1 aromatic heterocycles. The van der Waals surface area contributed by atoms with Gasteiger partial charge in [-0.15, -0.1) is 0 Å². The number of rotatable bonds is 6. The molecular formula is C24H19F6NO2. The normalized spacial score (nSPS) is 12.6. The van der Waals surface area contributed by atoms with Crippen LogP contribution in [-0.2, 0) is 18.9 Å². The molecule has 0 saturated carbocycles. The van der Waals surface area contributed by atoms with Crippen molar-refractivity contribution in [3.8, 4) is 0 Å². The summed E-state index contributed by atoms with van der Waals surface area (Å²) in [6.45, 7) is 1.54. The van der Waals surface area contributed by atoms with Gasteiger partial charge in [0.25, 0.3) is 5.91 Å². The van der Waals surface area contributed by atoms with Gasteiger partial charge in [-0.25, -0.2) is 0 Å². The third-order valence-electron chi connectivity index (χ3n) is 4.70. The summed E-state index contributed by atoms with van der Waals surface area (Å²) in [6.07, 6.45) is -6.97. The van der Waals surface area contributed by atoms with E-state index in [1.165, 1.54) is 6.26 Å². The lowest BCUT2D eigenvalue weighted by molar-refractivity contribution is -0.143. The molecule has 0 saturated heterocycles. The minimum Gasteiger partial charge on any atom is -0.467 e. The standard InChI is InChI=1S/C24H19F6NO2/c1-16(10-17-6-3-2-4-7-17)14-31(15-21-8-5-9-33-21)22(32)18-11-19(23(25,26)27)13-20(12-18)24(28,29)30/h2-13H,14-15H2,1H3/b16-10+. The molecule has 0 N–H and O–H groups in total. The lowest BCUT2D eigenvalue weighted by Crippen LogP contribution is -2.32. The summed E-state index contributed by atoms with van der Waals surface area (Å²) in [7, 11) is 0. The van der Waals surface area contributed by atoms with Crippen molar-refractivity contribution >= 4 is 12.0 Å². The topological polar surface area (TPSA) is 33.5 Å². The molecule has 9 heteroatoms. The number of furan rings is 1. The fourth-order valence-corrected chi connectivity index (χ4v) is 3.23. The maximum Gasteiger partial charge on any atom is 0.416 e. The Labute approximate surface area is 185 Å². The van der Waals surface area contributed by atoms with Crippen LogP contribution in [0.1, 0.15) is 39.7 Å². The lowest BCUT2D eigenvalue weighted by Gasteiger charge is -2.23. The van der Waals surface area contributed by atoms with E-state index < -0.39 is 35.0 Å². The van der Waals surface area contributed by atoms with Gasteiger partial charge in [-0.3, -0.25) is 4.79 Å². The average Bonchev–Trinajstić information content (AvgIpc) is 3.25. The Kier molecular flexibility index (Phi) is 7.00. The van der Waals surface area contributed by atoms with Crippen molar-refractivity contribution in [3.63, 3.8) is 0 Å². The Balaban J connectivity index is 1.99. The van der Waals surface area contributed by atoms with Crippen LogP contribution in [-0.4, -0.2) is 17.4 Å². The molecule has 3 nitrogen and oxygen atoms in total. The minimum atomic E-state index is -5.05. The van der Waals surface area contributed by atoms with E-state index in [1.807, 2.05) is 30.3 Å². The van der Waals surface area contributed by atoms with Gasteiger partial charge in [0.1, 0.15) is 5.76 Å². The van der Waals surface area contributed by atoms with Crippen molar-refractivity contribution in [2.45, 2.75) is 25.8 Å². The maximum atomic E-state index is 13.2. The number of hydrogen-bond acceptors (Lipinski definition) is 2. The first-order valence-electron chi connectivity index (χ1n) is 9.77. The van der Waals surface area contributed by atoms with Crippen molar-refractivity contribution in [3.05, 3.63) is 101 Å². The number of benzene rings is 2. The largest absolute Gasteiger partial charge is 0.467 e. The summed E-state index contributed by atoms with van der Waals surface area (Å²) in [5.41, 5.74) is -2.30. The molecule has 2 aromatic carbocycles. The van der Waals surface area contributed by atoms with Crippen molar-refractivity contribution in [2.75, 3.05) is 6.54 Å². The van der Waals surface area contributed by atoms with Crippen LogP contribution in [0.25, 0.3) is 6.08 Å². The molecule has 0 aliphatic rings. The van der Waals surface area contributed by atoms with E-state index in [0.717, 1.165) is 10.5 Å². The number of alkyl halides is 6. The second-order valence-electron chi connectivity index (χ2n) is 7.44. The van der Waals surface area contributed by atoms with E-state index in [1.54, 1.807) is 25.1 Å². The molecule has 174 valence electrons. The highest BCUT2D eigenvalue weighted by molar-refractivity contribution is 5.95. The number of halogens is 6. The Bertz CT molecular complexity index is 1080. The molecular weight excluding hydrogens is 448 g/mol. The van der Waals surface area contributed by atoms with Gasteiger partial charge in [-0.2, -0.15) is 26.3 Å². The van der Waals surface area contributed by atoms with Gasteiger partial charge in [-0.05, 0) is 42.8 Å². The van der Waals surface area contributed by atoms with Crippen LogP contribution in [0, 0.1) is 0 Å². The summed E-state index contributed by atoms with van der Waals surface area (Å²) in [5, 5.41) is 0. The van der Waals surface area contributed by atoms with Gasteiger partial charge in [0.15, 0.2) is 0 Å². The Morgan fingerprint density at radius 3 is 2.03 bits per heavy atom. The predicted octanol–water partition coefficient (Wildman–Crippen LogP) is 7.06. The molecule has 0 spiro atoms. The first-order chi connectivity index (χ1) is 15.4. The molecule has 1 heterocycles. The maximum absolute atomic E-state index is 13.2. The molecule has 3 aromatic rings. The summed E-state index contributed by atoms with van der Waals surface area (Å²) in [4.78, 5) is 14.3. The van der Waals surface area contributed by atoms with Gasteiger partial charge in [-0.1, -0.05) is 42.0 Å². The van der Waals surface area contributed by atoms with E-state index in [9.17, 15) is 31.1 Å². The fourth-order valence-electron chi connectivity index (χ4n) is 3.23.